The van der Waals surface area contributed by atoms with Crippen molar-refractivity contribution in [3.8, 4) is 5.75 Å². The highest BCUT2D eigenvalue weighted by molar-refractivity contribution is 7.98. The summed E-state index contributed by atoms with van der Waals surface area (Å²) in [5, 5.41) is 2.53. The maximum absolute atomic E-state index is 11.8. The van der Waals surface area contributed by atoms with Gasteiger partial charge >= 0.3 is 7.75 Å². The van der Waals surface area contributed by atoms with Gasteiger partial charge < -0.3 is 9.42 Å². The Morgan fingerprint density at radius 3 is 2.44 bits per heavy atom. The summed E-state index contributed by atoms with van der Waals surface area (Å²) in [7, 11) is -3.80. The van der Waals surface area contributed by atoms with Crippen molar-refractivity contribution in [3.63, 3.8) is 0 Å². The summed E-state index contributed by atoms with van der Waals surface area (Å²) in [6, 6.07) is 3.52. The molecule has 2 N–H and O–H groups in total. The third kappa shape index (κ3) is 4.02. The Labute approximate surface area is 113 Å². The van der Waals surface area contributed by atoms with Gasteiger partial charge in [-0.2, -0.15) is 0 Å². The largest absolute Gasteiger partial charge is 0.456 e. The lowest BCUT2D eigenvalue weighted by molar-refractivity contribution is 0.357. The highest BCUT2D eigenvalue weighted by atomic mass is 32.2. The monoisotopic (exact) mass is 289 g/mol. The topological polar surface area (TPSA) is 58.6 Å². The van der Waals surface area contributed by atoms with Crippen LogP contribution in [-0.4, -0.2) is 17.2 Å². The lowest BCUT2D eigenvalue weighted by Crippen LogP contribution is -2.22. The van der Waals surface area contributed by atoms with Gasteiger partial charge in [0, 0.05) is 10.9 Å². The van der Waals surface area contributed by atoms with Crippen LogP contribution in [0.4, 0.5) is 0 Å². The highest BCUT2D eigenvalue weighted by Crippen LogP contribution is 2.41. The summed E-state index contributed by atoms with van der Waals surface area (Å²) in [5.74, 6) is 0.448. The number of hydrogen-bond donors (Lipinski definition) is 2. The molecular weight excluding hydrogens is 269 g/mol. The van der Waals surface area contributed by atoms with Crippen molar-refractivity contribution in [2.24, 2.45) is 0 Å². The molecule has 1 unspecified atom stereocenters. The van der Waals surface area contributed by atoms with Gasteiger partial charge in [-0.25, -0.2) is 9.65 Å². The van der Waals surface area contributed by atoms with E-state index in [1.165, 1.54) is 0 Å². The van der Waals surface area contributed by atoms with Gasteiger partial charge in [-0.3, -0.25) is 0 Å². The van der Waals surface area contributed by atoms with Crippen LogP contribution in [0.2, 0.25) is 0 Å². The van der Waals surface area contributed by atoms with Crippen molar-refractivity contribution < 1.29 is 14.0 Å². The Hall–Kier alpha value is -0.480. The van der Waals surface area contributed by atoms with Crippen LogP contribution in [0.15, 0.2) is 17.0 Å². The highest BCUT2D eigenvalue weighted by Gasteiger charge is 2.23. The molecule has 0 fully saturated rings. The predicted molar refractivity (Wildman–Crippen MR) is 76.4 cm³/mol. The van der Waals surface area contributed by atoms with Crippen molar-refractivity contribution in [3.05, 3.63) is 23.3 Å². The van der Waals surface area contributed by atoms with E-state index in [2.05, 4.69) is 5.09 Å². The van der Waals surface area contributed by atoms with E-state index in [0.29, 0.717) is 5.75 Å². The zero-order valence-electron chi connectivity index (χ0n) is 11.4. The van der Waals surface area contributed by atoms with Gasteiger partial charge in [-0.15, -0.1) is 11.8 Å². The molecule has 0 aliphatic carbocycles. The van der Waals surface area contributed by atoms with E-state index in [0.717, 1.165) is 16.0 Å². The first-order chi connectivity index (χ1) is 8.26. The molecule has 1 aromatic carbocycles. The summed E-state index contributed by atoms with van der Waals surface area (Å²) in [4.78, 5) is 10.8. The fraction of sp³-hybridized carbons (Fsp3) is 0.500. The average molecular weight is 289 g/mol. The van der Waals surface area contributed by atoms with Crippen LogP contribution in [0, 0.1) is 13.8 Å². The second-order valence-corrected chi connectivity index (χ2v) is 6.74. The SMILES string of the molecule is CSc1ccc(OP(=O)(O)NC(C)C)c(C)c1C. The van der Waals surface area contributed by atoms with Crippen molar-refractivity contribution in [2.75, 3.05) is 6.26 Å². The van der Waals surface area contributed by atoms with Crippen molar-refractivity contribution >= 4 is 19.5 Å². The third-order valence-electron chi connectivity index (χ3n) is 2.55. The smallest absolute Gasteiger partial charge is 0.413 e. The normalized spacial score (nSPS) is 14.6. The first-order valence-corrected chi connectivity index (χ1v) is 8.51. The maximum Gasteiger partial charge on any atom is 0.456 e. The molecule has 1 aromatic rings. The number of hydrogen-bond acceptors (Lipinski definition) is 3. The minimum atomic E-state index is -3.80. The number of rotatable bonds is 5. The standard InChI is InChI=1S/C12H20NO3PS/c1-8(2)13-17(14,15)16-11-6-7-12(18-5)10(4)9(11)3/h6-8H,1-5H3,(H2,13,14,15). The first kappa shape index (κ1) is 15.6. The van der Waals surface area contributed by atoms with E-state index in [9.17, 15) is 9.46 Å². The van der Waals surface area contributed by atoms with Gasteiger partial charge in [-0.05, 0) is 57.2 Å². The molecule has 0 aliphatic heterocycles. The summed E-state index contributed by atoms with van der Waals surface area (Å²) in [5.41, 5.74) is 1.96. The van der Waals surface area contributed by atoms with Crippen LogP contribution >= 0.6 is 19.5 Å². The second kappa shape index (κ2) is 6.11. The number of benzene rings is 1. The molecule has 18 heavy (non-hydrogen) atoms. The van der Waals surface area contributed by atoms with E-state index in [1.807, 2.05) is 26.2 Å². The van der Waals surface area contributed by atoms with Crippen molar-refractivity contribution in [1.29, 1.82) is 0 Å². The predicted octanol–water partition coefficient (Wildman–Crippen LogP) is 3.50. The molecule has 1 atom stereocenters. The molecule has 0 aliphatic rings. The van der Waals surface area contributed by atoms with Gasteiger partial charge in [0.25, 0.3) is 0 Å². The van der Waals surface area contributed by atoms with E-state index in [1.54, 1.807) is 31.7 Å². The van der Waals surface area contributed by atoms with Crippen molar-refractivity contribution in [2.45, 2.75) is 38.6 Å². The summed E-state index contributed by atoms with van der Waals surface area (Å²) in [6.45, 7) is 7.45. The van der Waals surface area contributed by atoms with Gasteiger partial charge in [0.05, 0.1) is 0 Å². The Bertz CT molecular complexity index is 477. The summed E-state index contributed by atoms with van der Waals surface area (Å²) in [6.07, 6.45) is 2.00. The van der Waals surface area contributed by atoms with Crippen LogP contribution < -0.4 is 9.61 Å². The Balaban J connectivity index is 2.99. The molecule has 4 nitrogen and oxygen atoms in total. The zero-order chi connectivity index (χ0) is 13.9. The van der Waals surface area contributed by atoms with E-state index >= 15 is 0 Å². The minimum Gasteiger partial charge on any atom is -0.413 e. The molecule has 0 spiro atoms. The number of thioether (sulfide) groups is 1. The van der Waals surface area contributed by atoms with Crippen LogP contribution in [-0.2, 0) is 4.57 Å². The average Bonchev–Trinajstić information content (AvgIpc) is 2.23. The second-order valence-electron chi connectivity index (χ2n) is 4.41. The lowest BCUT2D eigenvalue weighted by Gasteiger charge is -2.19. The fourth-order valence-corrected chi connectivity index (χ4v) is 3.41. The summed E-state index contributed by atoms with van der Waals surface area (Å²) >= 11 is 1.64. The third-order valence-corrected chi connectivity index (χ3v) is 4.72. The molecule has 0 bridgehead atoms. The van der Waals surface area contributed by atoms with Gasteiger partial charge in [0.1, 0.15) is 5.75 Å². The molecule has 0 aromatic heterocycles. The Kier molecular flexibility index (Phi) is 5.29. The van der Waals surface area contributed by atoms with Gasteiger partial charge in [0.15, 0.2) is 0 Å². The van der Waals surface area contributed by atoms with Crippen molar-refractivity contribution in [1.82, 2.24) is 5.09 Å². The van der Waals surface area contributed by atoms with Gasteiger partial charge in [0.2, 0.25) is 0 Å². The zero-order valence-corrected chi connectivity index (χ0v) is 13.1. The van der Waals surface area contributed by atoms with Crippen LogP contribution in [0.3, 0.4) is 0 Å². The first-order valence-electron chi connectivity index (χ1n) is 5.71. The molecule has 102 valence electrons. The quantitative estimate of drug-likeness (QED) is 0.641. The van der Waals surface area contributed by atoms with Crippen LogP contribution in [0.5, 0.6) is 5.75 Å². The minimum absolute atomic E-state index is 0.118. The molecule has 0 heterocycles. The van der Waals surface area contributed by atoms with Gasteiger partial charge in [-0.1, -0.05) is 0 Å². The molecule has 0 saturated heterocycles. The maximum atomic E-state index is 11.8. The molecule has 0 saturated carbocycles. The van der Waals surface area contributed by atoms with E-state index < -0.39 is 7.75 Å². The van der Waals surface area contributed by atoms with E-state index in [4.69, 9.17) is 4.52 Å². The molecule has 0 radical (unpaired) electrons. The molecular formula is C12H20NO3PS. The van der Waals surface area contributed by atoms with Crippen LogP contribution in [0.1, 0.15) is 25.0 Å². The molecule has 1 rings (SSSR count). The lowest BCUT2D eigenvalue weighted by atomic mass is 10.1. The summed E-state index contributed by atoms with van der Waals surface area (Å²) < 4.78 is 17.0. The van der Waals surface area contributed by atoms with Crippen LogP contribution in [0.25, 0.3) is 0 Å². The molecule has 0 amide bonds. The Morgan fingerprint density at radius 1 is 1.33 bits per heavy atom. The fourth-order valence-electron chi connectivity index (χ4n) is 1.58. The van der Waals surface area contributed by atoms with E-state index in [-0.39, 0.29) is 6.04 Å². The Morgan fingerprint density at radius 2 is 1.94 bits per heavy atom. The molecule has 6 heteroatoms. The number of nitrogens with one attached hydrogen (secondary N) is 1.